The van der Waals surface area contributed by atoms with Crippen molar-refractivity contribution in [3.63, 3.8) is 0 Å². The van der Waals surface area contributed by atoms with E-state index in [4.69, 9.17) is 21.1 Å². The first-order valence-corrected chi connectivity index (χ1v) is 10.4. The number of methoxy groups -OCH3 is 2. The number of ether oxygens (including phenoxy) is 2. The van der Waals surface area contributed by atoms with E-state index < -0.39 is 27.4 Å². The fourth-order valence-electron chi connectivity index (χ4n) is 2.40. The summed E-state index contributed by atoms with van der Waals surface area (Å²) in [5.41, 5.74) is 2.17. The molecule has 0 aliphatic carbocycles. The topological polar surface area (TPSA) is 140 Å². The Bertz CT molecular complexity index is 1120. The number of hydrazone groups is 1. The number of nitro groups is 1. The Morgan fingerprint density at radius 3 is 2.52 bits per heavy atom. The standard InChI is InChI=1S/C18H19ClN4O7S/c1-22(31(27,28)14-5-7-16(29-2)17(9-14)30-3)11-18(24)21-20-10-12-8-13(23(25)26)4-6-15(12)19/h4-10H,11H2,1-3H3,(H,21,24). The van der Waals surface area contributed by atoms with Crippen LogP contribution in [0.5, 0.6) is 11.5 Å². The predicted octanol–water partition coefficient (Wildman–Crippen LogP) is 2.04. The number of nitro benzene ring substituents is 1. The van der Waals surface area contributed by atoms with E-state index in [-0.39, 0.29) is 26.9 Å². The Hall–Kier alpha value is -3.22. The molecule has 0 fully saturated rings. The van der Waals surface area contributed by atoms with Crippen LogP contribution in [0.15, 0.2) is 46.4 Å². The van der Waals surface area contributed by atoms with Gasteiger partial charge in [0.2, 0.25) is 10.0 Å². The first-order valence-electron chi connectivity index (χ1n) is 8.54. The third-order valence-electron chi connectivity index (χ3n) is 4.01. The van der Waals surface area contributed by atoms with Gasteiger partial charge in [-0.25, -0.2) is 13.8 Å². The summed E-state index contributed by atoms with van der Waals surface area (Å²) in [6.07, 6.45) is 1.12. The fraction of sp³-hybridized carbons (Fsp3) is 0.222. The summed E-state index contributed by atoms with van der Waals surface area (Å²) in [7, 11) is 0.0198. The zero-order chi connectivity index (χ0) is 23.2. The van der Waals surface area contributed by atoms with Gasteiger partial charge in [-0.3, -0.25) is 14.9 Å². The van der Waals surface area contributed by atoms with Gasteiger partial charge in [-0.05, 0) is 18.2 Å². The lowest BCUT2D eigenvalue weighted by molar-refractivity contribution is -0.384. The molecule has 11 nitrogen and oxygen atoms in total. The van der Waals surface area contributed by atoms with Crippen molar-refractivity contribution in [1.29, 1.82) is 0 Å². The zero-order valence-electron chi connectivity index (χ0n) is 16.7. The number of non-ortho nitro benzene ring substituents is 1. The molecule has 2 aromatic rings. The van der Waals surface area contributed by atoms with Crippen LogP contribution in [0, 0.1) is 10.1 Å². The molecule has 0 saturated heterocycles. The summed E-state index contributed by atoms with van der Waals surface area (Å²) in [6.45, 7) is -0.531. The Labute approximate surface area is 183 Å². The molecule has 0 aromatic heterocycles. The Morgan fingerprint density at radius 1 is 1.23 bits per heavy atom. The van der Waals surface area contributed by atoms with Crippen LogP contribution in [0.3, 0.4) is 0 Å². The number of benzene rings is 2. The molecule has 0 aliphatic rings. The molecule has 0 heterocycles. The number of nitrogens with one attached hydrogen (secondary N) is 1. The largest absolute Gasteiger partial charge is 0.493 e. The molecular weight excluding hydrogens is 452 g/mol. The fourth-order valence-corrected chi connectivity index (χ4v) is 3.71. The quantitative estimate of drug-likeness (QED) is 0.336. The van der Waals surface area contributed by atoms with E-state index in [1.165, 1.54) is 57.7 Å². The number of rotatable bonds is 9. The van der Waals surface area contributed by atoms with E-state index in [9.17, 15) is 23.3 Å². The van der Waals surface area contributed by atoms with Crippen molar-refractivity contribution >= 4 is 39.4 Å². The number of sulfonamides is 1. The third kappa shape index (κ3) is 5.90. The second kappa shape index (κ2) is 10.2. The summed E-state index contributed by atoms with van der Waals surface area (Å²) >= 11 is 5.94. The number of hydrogen-bond donors (Lipinski definition) is 1. The number of halogens is 1. The first kappa shape index (κ1) is 24.1. The van der Waals surface area contributed by atoms with Gasteiger partial charge < -0.3 is 9.47 Å². The summed E-state index contributed by atoms with van der Waals surface area (Å²) in [5, 5.41) is 14.7. The van der Waals surface area contributed by atoms with Gasteiger partial charge in [-0.15, -0.1) is 0 Å². The smallest absolute Gasteiger partial charge is 0.270 e. The van der Waals surface area contributed by atoms with Crippen molar-refractivity contribution in [3.05, 3.63) is 57.1 Å². The van der Waals surface area contributed by atoms with Crippen LogP contribution in [0.4, 0.5) is 5.69 Å². The third-order valence-corrected chi connectivity index (χ3v) is 6.16. The van der Waals surface area contributed by atoms with Gasteiger partial charge in [0.25, 0.3) is 11.6 Å². The number of carbonyl (C=O) groups excluding carboxylic acids is 1. The molecule has 13 heteroatoms. The van der Waals surface area contributed by atoms with Crippen LogP contribution in [0.2, 0.25) is 5.02 Å². The van der Waals surface area contributed by atoms with Crippen LogP contribution < -0.4 is 14.9 Å². The van der Waals surface area contributed by atoms with Crippen molar-refractivity contribution in [3.8, 4) is 11.5 Å². The van der Waals surface area contributed by atoms with Gasteiger partial charge in [-0.1, -0.05) is 11.6 Å². The summed E-state index contributed by atoms with van der Waals surface area (Å²) < 4.78 is 36.4. The van der Waals surface area contributed by atoms with E-state index in [0.717, 1.165) is 10.5 Å². The van der Waals surface area contributed by atoms with Crippen LogP contribution >= 0.6 is 11.6 Å². The lowest BCUT2D eigenvalue weighted by Crippen LogP contribution is -2.36. The highest BCUT2D eigenvalue weighted by atomic mass is 35.5. The zero-order valence-corrected chi connectivity index (χ0v) is 18.3. The van der Waals surface area contributed by atoms with E-state index in [1.807, 2.05) is 0 Å². The number of carbonyl (C=O) groups is 1. The molecule has 0 atom stereocenters. The maximum atomic E-state index is 12.7. The monoisotopic (exact) mass is 470 g/mol. The van der Waals surface area contributed by atoms with Gasteiger partial charge in [-0.2, -0.15) is 9.41 Å². The molecule has 0 bridgehead atoms. The molecule has 31 heavy (non-hydrogen) atoms. The van der Waals surface area contributed by atoms with Gasteiger partial charge in [0.15, 0.2) is 11.5 Å². The SMILES string of the molecule is COc1ccc(S(=O)(=O)N(C)CC(=O)NN=Cc2cc([N+](=O)[O-])ccc2Cl)cc1OC. The van der Waals surface area contributed by atoms with Crippen molar-refractivity contribution in [2.45, 2.75) is 4.90 Å². The van der Waals surface area contributed by atoms with E-state index in [2.05, 4.69) is 10.5 Å². The number of nitrogens with zero attached hydrogens (tertiary/aromatic N) is 3. The molecule has 166 valence electrons. The minimum Gasteiger partial charge on any atom is -0.493 e. The van der Waals surface area contributed by atoms with Gasteiger partial charge in [0, 0.05) is 35.8 Å². The molecule has 1 amide bonds. The predicted molar refractivity (Wildman–Crippen MR) is 113 cm³/mol. The Balaban J connectivity index is 2.08. The molecule has 2 aromatic carbocycles. The Morgan fingerprint density at radius 2 is 1.90 bits per heavy atom. The molecule has 0 aliphatic heterocycles. The number of hydrogen-bond acceptors (Lipinski definition) is 8. The van der Waals surface area contributed by atoms with Crippen LogP contribution in [0.1, 0.15) is 5.56 Å². The van der Waals surface area contributed by atoms with Gasteiger partial charge in [0.05, 0.1) is 36.8 Å². The van der Waals surface area contributed by atoms with E-state index in [0.29, 0.717) is 5.75 Å². The Kier molecular flexibility index (Phi) is 7.91. The van der Waals surface area contributed by atoms with Crippen LogP contribution in [-0.4, -0.2) is 57.6 Å². The highest BCUT2D eigenvalue weighted by molar-refractivity contribution is 7.89. The average Bonchev–Trinajstić information content (AvgIpc) is 2.74. The van der Waals surface area contributed by atoms with E-state index in [1.54, 1.807) is 0 Å². The average molecular weight is 471 g/mol. The minimum absolute atomic E-state index is 0.0904. The minimum atomic E-state index is -4.00. The van der Waals surface area contributed by atoms with Crippen molar-refractivity contribution in [1.82, 2.24) is 9.73 Å². The van der Waals surface area contributed by atoms with Crippen LogP contribution in [0.25, 0.3) is 0 Å². The first-order chi connectivity index (χ1) is 14.6. The molecule has 0 saturated carbocycles. The summed E-state index contributed by atoms with van der Waals surface area (Å²) in [6, 6.07) is 7.79. The normalized spacial score (nSPS) is 11.5. The molecular formula is C18H19ClN4O7S. The molecule has 1 N–H and O–H groups in total. The lowest BCUT2D eigenvalue weighted by Gasteiger charge is -2.17. The second-order valence-corrected chi connectivity index (χ2v) is 8.49. The van der Waals surface area contributed by atoms with Crippen molar-refractivity contribution < 1.29 is 27.6 Å². The summed E-state index contributed by atoms with van der Waals surface area (Å²) in [5.74, 6) is -0.153. The molecule has 0 unspecified atom stereocenters. The summed E-state index contributed by atoms with van der Waals surface area (Å²) in [4.78, 5) is 22.2. The van der Waals surface area contributed by atoms with E-state index >= 15 is 0 Å². The molecule has 2 rings (SSSR count). The highest BCUT2D eigenvalue weighted by Crippen LogP contribution is 2.30. The maximum Gasteiger partial charge on any atom is 0.270 e. The van der Waals surface area contributed by atoms with Gasteiger partial charge in [0.1, 0.15) is 0 Å². The second-order valence-electron chi connectivity index (χ2n) is 6.03. The number of likely N-dealkylation sites (N-methyl/N-ethyl adjacent to an activating group) is 1. The maximum absolute atomic E-state index is 12.7. The van der Waals surface area contributed by atoms with Crippen molar-refractivity contribution in [2.24, 2.45) is 5.10 Å². The van der Waals surface area contributed by atoms with Crippen LogP contribution in [-0.2, 0) is 14.8 Å². The van der Waals surface area contributed by atoms with Crippen molar-refractivity contribution in [2.75, 3.05) is 27.8 Å². The highest BCUT2D eigenvalue weighted by Gasteiger charge is 2.24. The molecule has 0 spiro atoms. The van der Waals surface area contributed by atoms with Gasteiger partial charge >= 0.3 is 0 Å². The molecule has 0 radical (unpaired) electrons. The number of amides is 1. The lowest BCUT2D eigenvalue weighted by atomic mass is 10.2.